The number of hydrogen-bond acceptors (Lipinski definition) is 4. The van der Waals surface area contributed by atoms with Gasteiger partial charge in [0.1, 0.15) is 5.75 Å². The van der Waals surface area contributed by atoms with Crippen LogP contribution in [0, 0.1) is 0 Å². The highest BCUT2D eigenvalue weighted by atomic mass is 79.9. The molecule has 1 rings (SSSR count). The molecule has 21 heavy (non-hydrogen) atoms. The van der Waals surface area contributed by atoms with Crippen LogP contribution in [0.1, 0.15) is 5.56 Å². The number of halogens is 1. The molecule has 2 N–H and O–H groups in total. The number of amides is 2. The second-order valence-corrected chi connectivity index (χ2v) is 5.49. The number of nitrogens with zero attached hydrogens (tertiary/aromatic N) is 1. The van der Waals surface area contributed by atoms with Crippen LogP contribution in [0.25, 0.3) is 0 Å². The van der Waals surface area contributed by atoms with E-state index in [0.717, 1.165) is 15.8 Å². The number of rotatable bonds is 7. The Hall–Kier alpha value is -1.60. The summed E-state index contributed by atoms with van der Waals surface area (Å²) < 4.78 is 6.25. The average molecular weight is 358 g/mol. The van der Waals surface area contributed by atoms with Gasteiger partial charge in [0.05, 0.1) is 20.2 Å². The molecule has 0 bridgehead atoms. The Labute approximate surface area is 133 Å². The van der Waals surface area contributed by atoms with E-state index >= 15 is 0 Å². The van der Waals surface area contributed by atoms with Gasteiger partial charge in [-0.15, -0.1) is 0 Å². The average Bonchev–Trinajstić information content (AvgIpc) is 2.44. The van der Waals surface area contributed by atoms with Crippen LogP contribution in [0.3, 0.4) is 0 Å². The van der Waals surface area contributed by atoms with Gasteiger partial charge in [0.2, 0.25) is 11.8 Å². The third kappa shape index (κ3) is 6.14. The lowest BCUT2D eigenvalue weighted by atomic mass is 10.2. The van der Waals surface area contributed by atoms with Crippen molar-refractivity contribution in [2.75, 3.05) is 34.3 Å². The number of nitrogens with one attached hydrogen (secondary N) is 2. The standard InChI is InChI=1S/C14H20BrN3O3/c1-16-13(19)7-17-14(20)9-18(2)8-10-6-11(15)4-5-12(10)21-3/h4-6H,7-9H2,1-3H3,(H,16,19)(H,17,20). The first-order chi connectivity index (χ1) is 9.96. The van der Waals surface area contributed by atoms with Crippen molar-refractivity contribution < 1.29 is 14.3 Å². The van der Waals surface area contributed by atoms with Gasteiger partial charge in [0.25, 0.3) is 0 Å². The Balaban J connectivity index is 2.53. The molecule has 0 aromatic heterocycles. The van der Waals surface area contributed by atoms with Crippen LogP contribution in [-0.4, -0.2) is 51.0 Å². The fourth-order valence-electron chi connectivity index (χ4n) is 1.79. The highest BCUT2D eigenvalue weighted by Crippen LogP contribution is 2.23. The first kappa shape index (κ1) is 17.5. The molecule has 0 aliphatic rings. The fraction of sp³-hybridized carbons (Fsp3) is 0.429. The maximum Gasteiger partial charge on any atom is 0.239 e. The lowest BCUT2D eigenvalue weighted by Gasteiger charge is -2.18. The quantitative estimate of drug-likeness (QED) is 0.755. The van der Waals surface area contributed by atoms with Crippen LogP contribution in [0.2, 0.25) is 0 Å². The van der Waals surface area contributed by atoms with E-state index < -0.39 is 0 Å². The second-order valence-electron chi connectivity index (χ2n) is 4.58. The van der Waals surface area contributed by atoms with Gasteiger partial charge in [0.15, 0.2) is 0 Å². The minimum atomic E-state index is -0.223. The van der Waals surface area contributed by atoms with Crippen LogP contribution < -0.4 is 15.4 Å². The zero-order valence-corrected chi connectivity index (χ0v) is 14.0. The zero-order valence-electron chi connectivity index (χ0n) is 12.4. The number of methoxy groups -OCH3 is 1. The number of carbonyl (C=O) groups is 2. The lowest BCUT2D eigenvalue weighted by molar-refractivity contribution is -0.126. The predicted molar refractivity (Wildman–Crippen MR) is 84.1 cm³/mol. The summed E-state index contributed by atoms with van der Waals surface area (Å²) in [4.78, 5) is 24.6. The first-order valence-electron chi connectivity index (χ1n) is 6.44. The molecular weight excluding hydrogens is 338 g/mol. The molecule has 0 heterocycles. The second kappa shape index (κ2) is 8.63. The molecule has 116 valence electrons. The Morgan fingerprint density at radius 3 is 2.67 bits per heavy atom. The molecule has 0 unspecified atom stereocenters. The lowest BCUT2D eigenvalue weighted by Crippen LogP contribution is -2.40. The normalized spacial score (nSPS) is 10.3. The van der Waals surface area contributed by atoms with E-state index in [9.17, 15) is 9.59 Å². The summed E-state index contributed by atoms with van der Waals surface area (Å²) >= 11 is 3.42. The van der Waals surface area contributed by atoms with Crippen molar-refractivity contribution in [2.45, 2.75) is 6.54 Å². The molecule has 1 aromatic rings. The first-order valence-corrected chi connectivity index (χ1v) is 7.23. The summed E-state index contributed by atoms with van der Waals surface area (Å²) in [6.45, 7) is 0.756. The number of hydrogen-bond donors (Lipinski definition) is 2. The molecule has 0 aliphatic heterocycles. The summed E-state index contributed by atoms with van der Waals surface area (Å²) in [5.41, 5.74) is 0.980. The smallest absolute Gasteiger partial charge is 0.239 e. The van der Waals surface area contributed by atoms with Crippen molar-refractivity contribution in [3.63, 3.8) is 0 Å². The molecule has 0 atom stereocenters. The number of likely N-dealkylation sites (N-methyl/N-ethyl adjacent to an activating group) is 2. The van der Waals surface area contributed by atoms with Gasteiger partial charge in [-0.3, -0.25) is 14.5 Å². The maximum atomic E-state index is 11.7. The SMILES string of the molecule is CNC(=O)CNC(=O)CN(C)Cc1cc(Br)ccc1OC. The van der Waals surface area contributed by atoms with Gasteiger partial charge < -0.3 is 15.4 Å². The van der Waals surface area contributed by atoms with Crippen molar-refractivity contribution in [1.29, 1.82) is 0 Å². The molecule has 0 spiro atoms. The molecule has 0 saturated carbocycles. The number of carbonyl (C=O) groups excluding carboxylic acids is 2. The van der Waals surface area contributed by atoms with Crippen LogP contribution in [0.4, 0.5) is 0 Å². The zero-order chi connectivity index (χ0) is 15.8. The molecule has 6 nitrogen and oxygen atoms in total. The molecule has 0 aliphatic carbocycles. The summed E-state index contributed by atoms with van der Waals surface area (Å²) in [6.07, 6.45) is 0. The van der Waals surface area contributed by atoms with Crippen molar-refractivity contribution in [3.05, 3.63) is 28.2 Å². The molecule has 0 fully saturated rings. The van der Waals surface area contributed by atoms with E-state index in [2.05, 4.69) is 26.6 Å². The topological polar surface area (TPSA) is 70.7 Å². The van der Waals surface area contributed by atoms with Crippen molar-refractivity contribution in [3.8, 4) is 5.75 Å². The van der Waals surface area contributed by atoms with E-state index in [1.807, 2.05) is 30.1 Å². The van der Waals surface area contributed by atoms with E-state index in [-0.39, 0.29) is 24.9 Å². The van der Waals surface area contributed by atoms with E-state index in [1.165, 1.54) is 7.05 Å². The third-order valence-corrected chi connectivity index (χ3v) is 3.31. The summed E-state index contributed by atoms with van der Waals surface area (Å²) in [5.74, 6) is 0.352. The highest BCUT2D eigenvalue weighted by Gasteiger charge is 2.11. The number of ether oxygens (including phenoxy) is 1. The maximum absolute atomic E-state index is 11.7. The monoisotopic (exact) mass is 357 g/mol. The van der Waals surface area contributed by atoms with Crippen molar-refractivity contribution in [1.82, 2.24) is 15.5 Å². The van der Waals surface area contributed by atoms with Gasteiger partial charge in [-0.1, -0.05) is 15.9 Å². The third-order valence-electron chi connectivity index (χ3n) is 2.82. The van der Waals surface area contributed by atoms with Gasteiger partial charge in [-0.25, -0.2) is 0 Å². The minimum Gasteiger partial charge on any atom is -0.496 e. The Morgan fingerprint density at radius 2 is 2.05 bits per heavy atom. The largest absolute Gasteiger partial charge is 0.496 e. The highest BCUT2D eigenvalue weighted by molar-refractivity contribution is 9.10. The predicted octanol–water partition coefficient (Wildman–Crippen LogP) is 0.752. The fourth-order valence-corrected chi connectivity index (χ4v) is 2.19. The molecular formula is C14H20BrN3O3. The van der Waals surface area contributed by atoms with Crippen molar-refractivity contribution in [2.24, 2.45) is 0 Å². The van der Waals surface area contributed by atoms with Crippen LogP contribution in [0.5, 0.6) is 5.75 Å². The summed E-state index contributed by atoms with van der Waals surface area (Å²) in [6, 6.07) is 5.73. The number of benzene rings is 1. The van der Waals surface area contributed by atoms with E-state index in [0.29, 0.717) is 6.54 Å². The van der Waals surface area contributed by atoms with Crippen LogP contribution in [-0.2, 0) is 16.1 Å². The Kier molecular flexibility index (Phi) is 7.18. The Morgan fingerprint density at radius 1 is 1.33 bits per heavy atom. The molecule has 1 aromatic carbocycles. The van der Waals surface area contributed by atoms with Gasteiger partial charge in [-0.05, 0) is 25.2 Å². The molecule has 0 saturated heterocycles. The van der Waals surface area contributed by atoms with Crippen LogP contribution >= 0.6 is 15.9 Å². The van der Waals surface area contributed by atoms with Crippen LogP contribution in [0.15, 0.2) is 22.7 Å². The summed E-state index contributed by atoms with van der Waals surface area (Å²) in [5, 5.41) is 5.00. The van der Waals surface area contributed by atoms with Gasteiger partial charge >= 0.3 is 0 Å². The van der Waals surface area contributed by atoms with Gasteiger partial charge in [-0.2, -0.15) is 0 Å². The van der Waals surface area contributed by atoms with E-state index in [1.54, 1.807) is 7.11 Å². The molecule has 0 radical (unpaired) electrons. The molecule has 7 heteroatoms. The molecule has 2 amide bonds. The Bertz CT molecular complexity index is 508. The summed E-state index contributed by atoms with van der Waals surface area (Å²) in [7, 11) is 4.97. The minimum absolute atomic E-state index is 0.0105. The van der Waals surface area contributed by atoms with Crippen molar-refractivity contribution >= 4 is 27.7 Å². The van der Waals surface area contributed by atoms with Gasteiger partial charge in [0, 0.05) is 23.6 Å². The van der Waals surface area contributed by atoms with E-state index in [4.69, 9.17) is 4.74 Å².